The number of amides is 1. The van der Waals surface area contributed by atoms with Crippen molar-refractivity contribution in [3.05, 3.63) is 29.3 Å². The highest BCUT2D eigenvalue weighted by molar-refractivity contribution is 5.89. The second kappa shape index (κ2) is 10.2. The van der Waals surface area contributed by atoms with Gasteiger partial charge in [-0.05, 0) is 31.0 Å². The molecule has 0 atom stereocenters. The summed E-state index contributed by atoms with van der Waals surface area (Å²) >= 11 is 0. The highest BCUT2D eigenvalue weighted by atomic mass is 16.1. The Hall–Kier alpha value is -1.31. The molecule has 94 valence electrons. The van der Waals surface area contributed by atoms with E-state index in [0.29, 0.717) is 0 Å². The Bertz CT molecular complexity index is 306. The van der Waals surface area contributed by atoms with E-state index in [0.717, 1.165) is 16.8 Å². The molecule has 0 aliphatic heterocycles. The lowest BCUT2D eigenvalue weighted by Gasteiger charge is -2.06. The van der Waals surface area contributed by atoms with Crippen molar-refractivity contribution in [1.82, 2.24) is 0 Å². The van der Waals surface area contributed by atoms with Crippen LogP contribution in [0.25, 0.3) is 0 Å². The Kier molecular flexibility index (Phi) is 12.9. The van der Waals surface area contributed by atoms with Crippen LogP contribution in [0, 0.1) is 13.8 Å². The topological polar surface area (TPSA) is 29.1 Å². The van der Waals surface area contributed by atoms with E-state index in [-0.39, 0.29) is 20.8 Å². The molecule has 0 unspecified atom stereocenters. The molecule has 1 N–H and O–H groups in total. The molecule has 0 saturated carbocycles. The molecule has 0 spiro atoms. The summed E-state index contributed by atoms with van der Waals surface area (Å²) in [5.74, 6) is -0.0244. The fraction of sp³-hybridized carbons (Fsp3) is 0.500. The zero-order chi connectivity index (χ0) is 11.1. The lowest BCUT2D eigenvalue weighted by molar-refractivity contribution is -0.114. The Morgan fingerprint density at radius 3 is 2.06 bits per heavy atom. The van der Waals surface area contributed by atoms with E-state index in [2.05, 4.69) is 5.32 Å². The Morgan fingerprint density at radius 1 is 1.12 bits per heavy atom. The van der Waals surface area contributed by atoms with E-state index in [1.165, 1.54) is 6.92 Å². The Labute approximate surface area is 101 Å². The van der Waals surface area contributed by atoms with Gasteiger partial charge in [0, 0.05) is 12.6 Å². The SMILES string of the molecule is C.C.CC.CC(=O)Nc1cc(C)ccc1C. The van der Waals surface area contributed by atoms with Gasteiger partial charge in [0.05, 0.1) is 0 Å². The average Bonchev–Trinajstić information content (AvgIpc) is 2.14. The summed E-state index contributed by atoms with van der Waals surface area (Å²) in [6.45, 7) is 9.50. The van der Waals surface area contributed by atoms with Crippen molar-refractivity contribution in [2.24, 2.45) is 0 Å². The molecule has 0 radical (unpaired) electrons. The molecule has 0 aliphatic rings. The first-order valence-electron chi connectivity index (χ1n) is 4.94. The van der Waals surface area contributed by atoms with Gasteiger partial charge in [-0.1, -0.05) is 40.8 Å². The molecule has 0 bridgehead atoms. The summed E-state index contributed by atoms with van der Waals surface area (Å²) in [7, 11) is 0. The van der Waals surface area contributed by atoms with E-state index < -0.39 is 0 Å². The van der Waals surface area contributed by atoms with E-state index in [1.54, 1.807) is 0 Å². The highest BCUT2D eigenvalue weighted by Gasteiger charge is 1.98. The van der Waals surface area contributed by atoms with Gasteiger partial charge in [-0.15, -0.1) is 0 Å². The molecule has 2 heteroatoms. The van der Waals surface area contributed by atoms with Crippen molar-refractivity contribution >= 4 is 11.6 Å². The summed E-state index contributed by atoms with van der Waals surface area (Å²) in [4.78, 5) is 10.8. The monoisotopic (exact) mass is 225 g/mol. The van der Waals surface area contributed by atoms with Gasteiger partial charge in [0.25, 0.3) is 0 Å². The Morgan fingerprint density at radius 2 is 1.62 bits per heavy atom. The van der Waals surface area contributed by atoms with Crippen molar-refractivity contribution < 1.29 is 4.79 Å². The highest BCUT2D eigenvalue weighted by Crippen LogP contribution is 2.15. The van der Waals surface area contributed by atoms with Crippen molar-refractivity contribution in [2.45, 2.75) is 49.5 Å². The van der Waals surface area contributed by atoms with E-state index >= 15 is 0 Å². The van der Waals surface area contributed by atoms with Crippen LogP contribution in [0.3, 0.4) is 0 Å². The smallest absolute Gasteiger partial charge is 0.221 e. The number of nitrogens with one attached hydrogen (secondary N) is 1. The third-order valence-electron chi connectivity index (χ3n) is 1.70. The number of hydrogen-bond acceptors (Lipinski definition) is 1. The summed E-state index contributed by atoms with van der Waals surface area (Å²) in [5.41, 5.74) is 3.16. The van der Waals surface area contributed by atoms with Crippen molar-refractivity contribution in [2.75, 3.05) is 5.32 Å². The molecular weight excluding hydrogens is 198 g/mol. The molecule has 0 aliphatic carbocycles. The number of benzene rings is 1. The lowest BCUT2D eigenvalue weighted by atomic mass is 10.1. The molecule has 1 amide bonds. The van der Waals surface area contributed by atoms with Crippen LogP contribution in [0.2, 0.25) is 0 Å². The quantitative estimate of drug-likeness (QED) is 0.745. The molecule has 0 fully saturated rings. The molecule has 0 heterocycles. The van der Waals surface area contributed by atoms with E-state index in [1.807, 2.05) is 45.9 Å². The predicted octanol–water partition coefficient (Wildman–Crippen LogP) is 4.56. The van der Waals surface area contributed by atoms with Crippen LogP contribution in [0.1, 0.15) is 46.8 Å². The normalized spacial score (nSPS) is 7.56. The standard InChI is InChI=1S/C10H13NO.C2H6.2CH4/c1-7-4-5-8(2)10(6-7)11-9(3)12;1-2;;/h4-6H,1-3H3,(H,11,12);1-2H3;2*1H4. The third-order valence-corrected chi connectivity index (χ3v) is 1.70. The maximum atomic E-state index is 10.8. The number of hydrogen-bond donors (Lipinski definition) is 1. The molecule has 2 nitrogen and oxygen atoms in total. The largest absolute Gasteiger partial charge is 0.326 e. The minimum atomic E-state index is -0.0244. The summed E-state index contributed by atoms with van der Waals surface area (Å²) in [6, 6.07) is 6.00. The molecular formula is C14H27NO. The molecule has 1 aromatic carbocycles. The van der Waals surface area contributed by atoms with Gasteiger partial charge in [0.1, 0.15) is 0 Å². The fourth-order valence-corrected chi connectivity index (χ4v) is 1.06. The first-order valence-corrected chi connectivity index (χ1v) is 4.94. The van der Waals surface area contributed by atoms with Crippen LogP contribution >= 0.6 is 0 Å². The first kappa shape index (κ1) is 20.1. The summed E-state index contributed by atoms with van der Waals surface area (Å²) < 4.78 is 0. The van der Waals surface area contributed by atoms with E-state index in [4.69, 9.17) is 0 Å². The van der Waals surface area contributed by atoms with Crippen molar-refractivity contribution in [1.29, 1.82) is 0 Å². The fourth-order valence-electron chi connectivity index (χ4n) is 1.06. The minimum absolute atomic E-state index is 0. The second-order valence-corrected chi connectivity index (χ2v) is 3.00. The van der Waals surface area contributed by atoms with Gasteiger partial charge in [-0.3, -0.25) is 4.79 Å². The third kappa shape index (κ3) is 7.04. The number of aryl methyl sites for hydroxylation is 2. The van der Waals surface area contributed by atoms with E-state index in [9.17, 15) is 4.79 Å². The van der Waals surface area contributed by atoms with Gasteiger partial charge >= 0.3 is 0 Å². The maximum absolute atomic E-state index is 10.8. The zero-order valence-electron chi connectivity index (χ0n) is 9.64. The van der Waals surface area contributed by atoms with Gasteiger partial charge in [-0.2, -0.15) is 0 Å². The molecule has 0 saturated heterocycles. The maximum Gasteiger partial charge on any atom is 0.221 e. The van der Waals surface area contributed by atoms with Crippen molar-refractivity contribution in [3.63, 3.8) is 0 Å². The van der Waals surface area contributed by atoms with Crippen LogP contribution in [0.4, 0.5) is 5.69 Å². The Balaban J connectivity index is -0.000000399. The summed E-state index contributed by atoms with van der Waals surface area (Å²) in [5, 5.41) is 2.77. The van der Waals surface area contributed by atoms with Crippen molar-refractivity contribution in [3.8, 4) is 0 Å². The molecule has 1 aromatic rings. The van der Waals surface area contributed by atoms with Gasteiger partial charge in [0.2, 0.25) is 5.91 Å². The molecule has 1 rings (SSSR count). The van der Waals surface area contributed by atoms with Crippen LogP contribution in [-0.4, -0.2) is 5.91 Å². The van der Waals surface area contributed by atoms with Crippen LogP contribution < -0.4 is 5.32 Å². The number of rotatable bonds is 1. The van der Waals surface area contributed by atoms with Gasteiger partial charge in [0.15, 0.2) is 0 Å². The predicted molar refractivity (Wildman–Crippen MR) is 75.0 cm³/mol. The average molecular weight is 225 g/mol. The van der Waals surface area contributed by atoms with Crippen LogP contribution in [-0.2, 0) is 4.79 Å². The van der Waals surface area contributed by atoms with Crippen LogP contribution in [0.15, 0.2) is 18.2 Å². The second-order valence-electron chi connectivity index (χ2n) is 3.00. The van der Waals surface area contributed by atoms with Crippen LogP contribution in [0.5, 0.6) is 0 Å². The molecule has 16 heavy (non-hydrogen) atoms. The number of carbonyl (C=O) groups excluding carboxylic acids is 1. The van der Waals surface area contributed by atoms with Gasteiger partial charge < -0.3 is 5.32 Å². The number of carbonyl (C=O) groups is 1. The van der Waals surface area contributed by atoms with Gasteiger partial charge in [-0.25, -0.2) is 0 Å². The first-order chi connectivity index (χ1) is 6.59. The molecule has 0 aromatic heterocycles. The zero-order valence-corrected chi connectivity index (χ0v) is 9.64. The summed E-state index contributed by atoms with van der Waals surface area (Å²) in [6.07, 6.45) is 0. The lowest BCUT2D eigenvalue weighted by Crippen LogP contribution is -2.07. The number of anilines is 1. The minimum Gasteiger partial charge on any atom is -0.326 e.